The number of fused-ring (bicyclic) bond motifs is 1. The zero-order valence-electron chi connectivity index (χ0n) is 27.5. The van der Waals surface area contributed by atoms with Crippen molar-refractivity contribution in [3.8, 4) is 22.6 Å². The summed E-state index contributed by atoms with van der Waals surface area (Å²) >= 11 is 0. The van der Waals surface area contributed by atoms with Crippen LogP contribution in [0.4, 0.5) is 11.5 Å². The first-order chi connectivity index (χ1) is 24.4. The normalized spacial score (nSPS) is 20.4. The molecular formula is C36H38N10O4. The van der Waals surface area contributed by atoms with Gasteiger partial charge in [-0.15, -0.1) is 0 Å². The van der Waals surface area contributed by atoms with Gasteiger partial charge >= 0.3 is 0 Å². The molecule has 2 saturated carbocycles. The third kappa shape index (κ3) is 6.16. The Morgan fingerprint density at radius 2 is 1.80 bits per heavy atom. The van der Waals surface area contributed by atoms with Gasteiger partial charge in [-0.1, -0.05) is 23.4 Å². The molecule has 1 unspecified atom stereocenters. The molecule has 0 spiro atoms. The van der Waals surface area contributed by atoms with Crippen molar-refractivity contribution >= 4 is 40.3 Å². The molecule has 50 heavy (non-hydrogen) atoms. The van der Waals surface area contributed by atoms with Gasteiger partial charge in [0.05, 0.1) is 28.6 Å². The first kappa shape index (κ1) is 31.6. The van der Waals surface area contributed by atoms with Crippen LogP contribution < -0.4 is 21.7 Å². The van der Waals surface area contributed by atoms with E-state index in [0.717, 1.165) is 60.5 Å². The number of nitrogens with two attached hydrogens (primary N) is 1. The molecule has 1 aliphatic heterocycles. The van der Waals surface area contributed by atoms with E-state index >= 15 is 0 Å². The number of rotatable bonds is 12. The summed E-state index contributed by atoms with van der Waals surface area (Å²) in [6, 6.07) is 13.5. The van der Waals surface area contributed by atoms with Crippen molar-refractivity contribution in [2.24, 2.45) is 5.92 Å². The Kier molecular flexibility index (Phi) is 8.43. The number of amides is 3. The molecule has 5 heterocycles. The number of carbonyl (C=O) groups excluding carboxylic acids is 3. The van der Waals surface area contributed by atoms with Crippen LogP contribution in [0.15, 0.2) is 59.5 Å². The van der Waals surface area contributed by atoms with E-state index in [1.807, 2.05) is 47.1 Å². The molecule has 3 aliphatic rings. The highest BCUT2D eigenvalue weighted by Crippen LogP contribution is 2.49. The number of benzene rings is 1. The lowest BCUT2D eigenvalue weighted by atomic mass is 9.79. The van der Waals surface area contributed by atoms with Gasteiger partial charge in [0.25, 0.3) is 0 Å². The Morgan fingerprint density at radius 1 is 0.980 bits per heavy atom. The molecule has 1 aromatic carbocycles. The number of nitrogens with zero attached hydrogens (tertiary/aromatic N) is 6. The fourth-order valence-corrected chi connectivity index (χ4v) is 6.95. The summed E-state index contributed by atoms with van der Waals surface area (Å²) < 4.78 is 7.76. The number of carbonyl (C=O) groups is 3. The summed E-state index contributed by atoms with van der Waals surface area (Å²) in [4.78, 5) is 50.0. The van der Waals surface area contributed by atoms with Crippen molar-refractivity contribution in [1.29, 1.82) is 0 Å². The lowest BCUT2D eigenvalue weighted by molar-refractivity contribution is -0.134. The van der Waals surface area contributed by atoms with Gasteiger partial charge in [0.1, 0.15) is 29.3 Å². The minimum Gasteiger partial charge on any atom is -0.385 e. The van der Waals surface area contributed by atoms with Crippen LogP contribution in [0.5, 0.6) is 0 Å². The standard InChI is InChI=1S/C36H38N10O4/c37-33-29-30(31-28(26-5-1-2-15-39-26)32(50-45-31)21-6-7-21)44-46(34(29)42-19-41-33)24-17-22(18-24)35(48)40-16-4-3-14-38-23-10-8-20(9-11-23)25-12-13-27(47)43-36(25)49/h1-2,5,8-11,15,19,21-22,24-25,38H,3-4,6-7,12-14,16-18H2,(H,40,48)(H2,37,41,42)(H,43,47,49). The number of anilines is 2. The van der Waals surface area contributed by atoms with E-state index in [2.05, 4.69) is 36.1 Å². The minimum atomic E-state index is -0.286. The van der Waals surface area contributed by atoms with Crippen LogP contribution in [0.1, 0.15) is 80.6 Å². The fraction of sp³-hybridized carbons (Fsp3) is 0.389. The Bertz CT molecular complexity index is 2050. The second-order valence-electron chi connectivity index (χ2n) is 13.4. The molecule has 1 saturated heterocycles. The van der Waals surface area contributed by atoms with E-state index in [1.165, 1.54) is 6.33 Å². The average molecular weight is 675 g/mol. The zero-order chi connectivity index (χ0) is 34.2. The van der Waals surface area contributed by atoms with Crippen LogP contribution in [0.2, 0.25) is 0 Å². The number of pyridine rings is 1. The van der Waals surface area contributed by atoms with E-state index < -0.39 is 0 Å². The third-order valence-corrected chi connectivity index (χ3v) is 9.94. The van der Waals surface area contributed by atoms with Gasteiger partial charge in [-0.2, -0.15) is 5.10 Å². The van der Waals surface area contributed by atoms with Gasteiger partial charge in [0.2, 0.25) is 17.7 Å². The Morgan fingerprint density at radius 3 is 2.56 bits per heavy atom. The van der Waals surface area contributed by atoms with E-state index in [4.69, 9.17) is 15.4 Å². The van der Waals surface area contributed by atoms with Crippen molar-refractivity contribution in [3.05, 3.63) is 66.3 Å². The molecule has 0 radical (unpaired) electrons. The van der Waals surface area contributed by atoms with Crippen LogP contribution in [-0.4, -0.2) is 60.7 Å². The van der Waals surface area contributed by atoms with E-state index in [-0.39, 0.29) is 35.6 Å². The highest BCUT2D eigenvalue weighted by atomic mass is 16.5. The summed E-state index contributed by atoms with van der Waals surface area (Å²) in [7, 11) is 0. The lowest BCUT2D eigenvalue weighted by Crippen LogP contribution is -2.40. The summed E-state index contributed by atoms with van der Waals surface area (Å²) in [5.74, 6) is 0.645. The predicted molar refractivity (Wildman–Crippen MR) is 184 cm³/mol. The van der Waals surface area contributed by atoms with Crippen LogP contribution in [0.3, 0.4) is 0 Å². The van der Waals surface area contributed by atoms with E-state index in [9.17, 15) is 14.4 Å². The van der Waals surface area contributed by atoms with Crippen molar-refractivity contribution in [1.82, 2.24) is 40.5 Å². The SMILES string of the molecule is Nc1ncnc2c1c(-c1noc(C3CC3)c1-c1ccccn1)nn2C1CC(C(=O)NCCCCNc2ccc(C3CCC(=O)NC3=O)cc2)C1. The monoisotopic (exact) mass is 674 g/mol. The number of piperidine rings is 1. The maximum atomic E-state index is 13.0. The van der Waals surface area contributed by atoms with Gasteiger partial charge in [-0.3, -0.25) is 24.7 Å². The molecule has 5 N–H and O–H groups in total. The molecule has 14 heteroatoms. The van der Waals surface area contributed by atoms with E-state index in [1.54, 1.807) is 6.20 Å². The highest BCUT2D eigenvalue weighted by molar-refractivity contribution is 6.01. The predicted octanol–water partition coefficient (Wildman–Crippen LogP) is 4.48. The molecule has 5 aromatic rings. The topological polar surface area (TPSA) is 196 Å². The lowest BCUT2D eigenvalue weighted by Gasteiger charge is -2.34. The first-order valence-electron chi connectivity index (χ1n) is 17.3. The van der Waals surface area contributed by atoms with Gasteiger partial charge < -0.3 is 20.9 Å². The molecule has 14 nitrogen and oxygen atoms in total. The van der Waals surface area contributed by atoms with Crippen molar-refractivity contribution < 1.29 is 18.9 Å². The molecule has 8 rings (SSSR count). The smallest absolute Gasteiger partial charge is 0.234 e. The van der Waals surface area contributed by atoms with Gasteiger partial charge in [-0.05, 0) is 74.8 Å². The average Bonchev–Trinajstić information content (AvgIpc) is 3.74. The number of nitrogen functional groups attached to an aromatic ring is 1. The Labute approximate surface area is 287 Å². The molecule has 2 aliphatic carbocycles. The summed E-state index contributed by atoms with van der Waals surface area (Å²) in [5, 5.41) is 19.0. The maximum absolute atomic E-state index is 13.0. The fourth-order valence-electron chi connectivity index (χ4n) is 6.95. The van der Waals surface area contributed by atoms with Crippen LogP contribution in [-0.2, 0) is 14.4 Å². The Hall–Kier alpha value is -5.66. The van der Waals surface area contributed by atoms with Gasteiger partial charge in [-0.25, -0.2) is 14.6 Å². The number of nitrogens with one attached hydrogen (secondary N) is 3. The van der Waals surface area contributed by atoms with Crippen molar-refractivity contribution in [2.75, 3.05) is 24.1 Å². The van der Waals surface area contributed by atoms with Crippen molar-refractivity contribution in [3.63, 3.8) is 0 Å². The van der Waals surface area contributed by atoms with E-state index in [0.29, 0.717) is 66.4 Å². The highest BCUT2D eigenvalue weighted by Gasteiger charge is 2.39. The number of hydrogen-bond donors (Lipinski definition) is 4. The zero-order valence-corrected chi connectivity index (χ0v) is 27.5. The van der Waals surface area contributed by atoms with Crippen LogP contribution >= 0.6 is 0 Å². The number of imide groups is 1. The quantitative estimate of drug-likeness (QED) is 0.108. The minimum absolute atomic E-state index is 0.0185. The van der Waals surface area contributed by atoms with Gasteiger partial charge in [0.15, 0.2) is 5.65 Å². The first-order valence-corrected chi connectivity index (χ1v) is 17.3. The molecule has 256 valence electrons. The maximum Gasteiger partial charge on any atom is 0.234 e. The molecular weight excluding hydrogens is 636 g/mol. The number of hydrogen-bond acceptors (Lipinski definition) is 11. The Balaban J connectivity index is 0.851. The molecule has 3 amide bonds. The second-order valence-corrected chi connectivity index (χ2v) is 13.4. The van der Waals surface area contributed by atoms with Crippen LogP contribution in [0, 0.1) is 5.92 Å². The number of aromatic nitrogens is 6. The third-order valence-electron chi connectivity index (χ3n) is 9.94. The molecule has 4 aromatic heterocycles. The second kappa shape index (κ2) is 13.3. The molecule has 0 bridgehead atoms. The van der Waals surface area contributed by atoms with Gasteiger partial charge in [0, 0.05) is 43.2 Å². The largest absolute Gasteiger partial charge is 0.385 e. The van der Waals surface area contributed by atoms with Crippen LogP contribution in [0.25, 0.3) is 33.7 Å². The summed E-state index contributed by atoms with van der Waals surface area (Å²) in [6.45, 7) is 1.36. The summed E-state index contributed by atoms with van der Waals surface area (Å²) in [5.41, 5.74) is 11.6. The number of unbranched alkanes of at least 4 members (excludes halogenated alkanes) is 1. The molecule has 3 fully saturated rings. The summed E-state index contributed by atoms with van der Waals surface area (Å²) in [6.07, 6.45) is 9.18. The molecule has 1 atom stereocenters. The van der Waals surface area contributed by atoms with Crippen molar-refractivity contribution in [2.45, 2.75) is 69.2 Å².